The molecule has 0 rings (SSSR count). The molecule has 0 aliphatic carbocycles. The molecule has 5 N–H and O–H groups in total. The first-order valence-electron chi connectivity index (χ1n) is 29.0. The molecule has 0 amide bonds. The number of allylic oxidation sites excluding steroid dienone is 8. The highest BCUT2D eigenvalue weighted by Crippen LogP contribution is 2.45. The molecule has 5 atom stereocenters. The van der Waals surface area contributed by atoms with Crippen LogP contribution in [-0.4, -0.2) is 95.0 Å². The molecule has 0 saturated carbocycles. The van der Waals surface area contributed by atoms with E-state index in [4.69, 9.17) is 18.5 Å². The second kappa shape index (κ2) is 53.0. The molecule has 17 heteroatoms. The molecule has 0 fully saturated rings. The Bertz CT molecular complexity index is 1510. The molecule has 15 nitrogen and oxygen atoms in total. The number of hydrogen-bond acceptors (Lipinski definition) is 13. The van der Waals surface area contributed by atoms with Gasteiger partial charge in [-0.2, -0.15) is 0 Å². The fourth-order valence-electron chi connectivity index (χ4n) is 7.79. The van der Waals surface area contributed by atoms with Crippen molar-refractivity contribution in [1.29, 1.82) is 0 Å². The first kappa shape index (κ1) is 72.0. The predicted octanol–water partition coefficient (Wildman–Crippen LogP) is 14.7. The quantitative estimate of drug-likeness (QED) is 0.0165. The fraction of sp³-hybridized carbons (Fsp3) is 0.825. The Balaban J connectivity index is 3.82. The number of carbonyl (C=O) groups is 2. The smallest absolute Gasteiger partial charge is 0.463 e. The van der Waals surface area contributed by atoms with Gasteiger partial charge < -0.3 is 34.6 Å². The molecule has 0 radical (unpaired) electrons. The number of phosphoric acid groups is 2. The largest absolute Gasteiger partial charge is 0.472 e. The maximum Gasteiger partial charge on any atom is 0.472 e. The summed E-state index contributed by atoms with van der Waals surface area (Å²) in [5.74, 6) is -1.00. The molecule has 0 spiro atoms. The Morgan fingerprint density at radius 2 is 0.581 bits per heavy atom. The number of aliphatic hydroxyl groups is 3. The lowest BCUT2D eigenvalue weighted by Crippen LogP contribution is -2.25. The number of unbranched alkanes of at least 4 members (excludes halogenated alkanes) is 28. The van der Waals surface area contributed by atoms with Crippen LogP contribution in [0.1, 0.15) is 245 Å². The van der Waals surface area contributed by atoms with Gasteiger partial charge in [-0.1, -0.05) is 223 Å². The third kappa shape index (κ3) is 54.8. The fourth-order valence-corrected chi connectivity index (χ4v) is 9.38. The molecule has 5 unspecified atom stereocenters. The van der Waals surface area contributed by atoms with E-state index in [1.807, 2.05) is 0 Å². The van der Waals surface area contributed by atoms with Crippen molar-refractivity contribution in [2.45, 2.75) is 263 Å². The molecule has 434 valence electrons. The summed E-state index contributed by atoms with van der Waals surface area (Å²) in [5.41, 5.74) is 0. The molecule has 0 aromatic heterocycles. The minimum absolute atomic E-state index is 0.174. The number of hydrogen-bond donors (Lipinski definition) is 5. The zero-order valence-electron chi connectivity index (χ0n) is 46.3. The molecular weight excluding hydrogens is 987 g/mol. The van der Waals surface area contributed by atoms with Crippen LogP contribution in [0.4, 0.5) is 0 Å². The normalized spacial score (nSPS) is 15.1. The van der Waals surface area contributed by atoms with Gasteiger partial charge in [-0.3, -0.25) is 27.7 Å². The number of carbonyl (C=O) groups excluding carboxylic acids is 2. The topological polar surface area (TPSA) is 225 Å². The summed E-state index contributed by atoms with van der Waals surface area (Å²) < 4.78 is 53.2. The van der Waals surface area contributed by atoms with Gasteiger partial charge >= 0.3 is 27.6 Å². The minimum atomic E-state index is -4.80. The highest BCUT2D eigenvalue weighted by atomic mass is 31.2. The maximum absolute atomic E-state index is 12.2. The van der Waals surface area contributed by atoms with Crippen LogP contribution in [0, 0.1) is 0 Å². The van der Waals surface area contributed by atoms with Crippen molar-refractivity contribution in [1.82, 2.24) is 0 Å². The Labute approximate surface area is 448 Å². The Morgan fingerprint density at radius 1 is 0.351 bits per heavy atom. The van der Waals surface area contributed by atoms with Crippen LogP contribution in [0.15, 0.2) is 48.6 Å². The predicted molar refractivity (Wildman–Crippen MR) is 298 cm³/mol. The lowest BCUT2D eigenvalue weighted by molar-refractivity contribution is -0.148. The molecule has 0 bridgehead atoms. The van der Waals surface area contributed by atoms with Gasteiger partial charge in [-0.15, -0.1) is 0 Å². The van der Waals surface area contributed by atoms with Crippen LogP contribution < -0.4 is 0 Å². The summed E-state index contributed by atoms with van der Waals surface area (Å²) in [6, 6.07) is 0. The van der Waals surface area contributed by atoms with Crippen LogP contribution in [0.2, 0.25) is 0 Å². The molecule has 0 saturated heterocycles. The standard InChI is InChI=1S/C57H106O15P2/c1-3-5-7-9-11-13-15-17-19-21-23-25-27-29-31-33-35-37-39-41-43-45-56(61)67-47-53(58)49-69-73(63,64)71-51-55(60)52-72-74(65,66)70-50-54(59)48-68-57(62)46-44-42-40-38-36-34-32-30-28-26-24-22-20-18-16-14-12-10-8-6-4-2/h11,13,17,19,23,25,29,31,53-55,58-60H,3-10,12,14-16,18,20-22,24,26-28,30,32-52H2,1-2H3,(H,63,64)(H,65,66)/b13-11-,19-17-,25-23-,31-29-. The molecule has 0 aliphatic heterocycles. The summed E-state index contributed by atoms with van der Waals surface area (Å²) in [6.07, 6.45) is 53.8. The number of rotatable bonds is 56. The second-order valence-electron chi connectivity index (χ2n) is 19.7. The number of aliphatic hydroxyl groups excluding tert-OH is 3. The zero-order chi connectivity index (χ0) is 54.5. The SMILES string of the molecule is CCCCC/C=C\C/C=C\C/C=C\C/C=C\CCCCCCCC(=O)OCC(O)COP(=O)(O)OCC(O)COP(=O)(O)OCC(O)COC(=O)CCCCCCCCCCCCCCCCCCCCCCC. The van der Waals surface area contributed by atoms with E-state index in [0.29, 0.717) is 12.8 Å². The van der Waals surface area contributed by atoms with E-state index in [0.717, 1.165) is 70.6 Å². The molecule has 0 heterocycles. The van der Waals surface area contributed by atoms with Gasteiger partial charge in [0, 0.05) is 12.8 Å². The summed E-state index contributed by atoms with van der Waals surface area (Å²) in [6.45, 7) is 0.423. The van der Waals surface area contributed by atoms with Crippen molar-refractivity contribution < 1.29 is 71.4 Å². The summed E-state index contributed by atoms with van der Waals surface area (Å²) in [5, 5.41) is 30.2. The van der Waals surface area contributed by atoms with Crippen LogP contribution in [0.5, 0.6) is 0 Å². The molecule has 74 heavy (non-hydrogen) atoms. The third-order valence-corrected chi connectivity index (χ3v) is 14.2. The second-order valence-corrected chi connectivity index (χ2v) is 22.6. The molecule has 0 aromatic carbocycles. The van der Waals surface area contributed by atoms with Crippen molar-refractivity contribution in [3.05, 3.63) is 48.6 Å². The Hall–Kier alpha value is -2.00. The molecular formula is C57H106O15P2. The van der Waals surface area contributed by atoms with Gasteiger partial charge in [0.25, 0.3) is 0 Å². The van der Waals surface area contributed by atoms with Gasteiger partial charge in [-0.25, -0.2) is 9.13 Å². The van der Waals surface area contributed by atoms with E-state index >= 15 is 0 Å². The minimum Gasteiger partial charge on any atom is -0.463 e. The molecule has 0 aliphatic rings. The third-order valence-electron chi connectivity index (χ3n) is 12.3. The van der Waals surface area contributed by atoms with Crippen LogP contribution in [-0.2, 0) is 46.3 Å². The summed E-state index contributed by atoms with van der Waals surface area (Å²) >= 11 is 0. The van der Waals surface area contributed by atoms with E-state index in [2.05, 4.69) is 71.5 Å². The monoisotopic (exact) mass is 1090 g/mol. The van der Waals surface area contributed by atoms with Gasteiger partial charge in [-0.05, 0) is 57.8 Å². The average molecular weight is 1090 g/mol. The van der Waals surface area contributed by atoms with Gasteiger partial charge in [0.15, 0.2) is 0 Å². The van der Waals surface area contributed by atoms with Gasteiger partial charge in [0.2, 0.25) is 0 Å². The Morgan fingerprint density at radius 3 is 0.892 bits per heavy atom. The van der Waals surface area contributed by atoms with E-state index < -0.39 is 85.5 Å². The van der Waals surface area contributed by atoms with E-state index in [9.17, 15) is 43.8 Å². The summed E-state index contributed by atoms with van der Waals surface area (Å²) in [7, 11) is -9.59. The highest BCUT2D eigenvalue weighted by Gasteiger charge is 2.28. The highest BCUT2D eigenvalue weighted by molar-refractivity contribution is 7.47. The van der Waals surface area contributed by atoms with E-state index in [1.54, 1.807) is 0 Å². The first-order valence-corrected chi connectivity index (χ1v) is 32.0. The number of phosphoric ester groups is 2. The van der Waals surface area contributed by atoms with Crippen molar-refractivity contribution in [2.75, 3.05) is 39.6 Å². The zero-order valence-corrected chi connectivity index (χ0v) is 48.1. The maximum atomic E-state index is 12.2. The van der Waals surface area contributed by atoms with E-state index in [-0.39, 0.29) is 12.8 Å². The average Bonchev–Trinajstić information content (AvgIpc) is 3.38. The van der Waals surface area contributed by atoms with Crippen LogP contribution in [0.25, 0.3) is 0 Å². The van der Waals surface area contributed by atoms with Crippen molar-refractivity contribution >= 4 is 27.6 Å². The van der Waals surface area contributed by atoms with Crippen LogP contribution in [0.3, 0.4) is 0 Å². The lowest BCUT2D eigenvalue weighted by Gasteiger charge is -2.19. The van der Waals surface area contributed by atoms with E-state index in [1.165, 1.54) is 135 Å². The summed E-state index contributed by atoms with van der Waals surface area (Å²) in [4.78, 5) is 44.0. The van der Waals surface area contributed by atoms with Gasteiger partial charge in [0.05, 0.1) is 26.4 Å². The van der Waals surface area contributed by atoms with Crippen molar-refractivity contribution in [2.24, 2.45) is 0 Å². The first-order chi connectivity index (χ1) is 35.8. The van der Waals surface area contributed by atoms with Crippen molar-refractivity contribution in [3.63, 3.8) is 0 Å². The Kier molecular flexibility index (Phi) is 51.6. The lowest BCUT2D eigenvalue weighted by atomic mass is 10.0. The van der Waals surface area contributed by atoms with Gasteiger partial charge in [0.1, 0.15) is 31.5 Å². The van der Waals surface area contributed by atoms with Crippen molar-refractivity contribution in [3.8, 4) is 0 Å². The number of ether oxygens (including phenoxy) is 2. The number of esters is 2. The van der Waals surface area contributed by atoms with Crippen LogP contribution >= 0.6 is 15.6 Å². The molecule has 0 aromatic rings.